The van der Waals surface area contributed by atoms with Crippen LogP contribution in [-0.4, -0.2) is 38.3 Å². The van der Waals surface area contributed by atoms with Crippen molar-refractivity contribution in [3.05, 3.63) is 88.1 Å². The molecule has 0 saturated heterocycles. The number of nitrogens with zero attached hydrogens (tertiary/aromatic N) is 3. The van der Waals surface area contributed by atoms with Crippen LogP contribution in [0.25, 0.3) is 6.08 Å². The first-order valence-corrected chi connectivity index (χ1v) is 12.9. The summed E-state index contributed by atoms with van der Waals surface area (Å²) in [6.45, 7) is 3.79. The van der Waals surface area contributed by atoms with Crippen molar-refractivity contribution < 1.29 is 14.3 Å². The minimum absolute atomic E-state index is 0.199. The second kappa shape index (κ2) is 10.4. The Hall–Kier alpha value is -2.92. The van der Waals surface area contributed by atoms with E-state index in [0.717, 1.165) is 26.1 Å². The maximum atomic E-state index is 13.7. The van der Waals surface area contributed by atoms with E-state index in [1.165, 1.54) is 11.3 Å². The molecule has 4 rings (SSSR count). The van der Waals surface area contributed by atoms with Crippen LogP contribution < -0.4 is 24.5 Å². The lowest BCUT2D eigenvalue weighted by Gasteiger charge is -2.25. The number of benzene rings is 2. The molecule has 182 valence electrons. The zero-order valence-corrected chi connectivity index (χ0v) is 23.1. The topological polar surface area (TPSA) is 73.1 Å². The fourth-order valence-electron chi connectivity index (χ4n) is 3.99. The number of hydrogen-bond donors (Lipinski definition) is 0. The number of thiazole rings is 1. The monoisotopic (exact) mass is 603 g/mol. The van der Waals surface area contributed by atoms with Gasteiger partial charge in [-0.25, -0.2) is 9.79 Å². The van der Waals surface area contributed by atoms with Crippen LogP contribution in [0.2, 0.25) is 0 Å². The van der Waals surface area contributed by atoms with Crippen LogP contribution in [0.5, 0.6) is 5.75 Å². The highest BCUT2D eigenvalue weighted by Gasteiger charge is 2.33. The van der Waals surface area contributed by atoms with Gasteiger partial charge in [0.05, 0.1) is 39.1 Å². The standard InChI is InChI=1S/C26H26IN3O4S/c1-6-34-25(32)22-15(2)28-26-30(23(22)17-8-10-18(11-9-17)29(3)4)24(31)21(35-26)14-16-7-12-20(33-5)19(27)13-16/h7-14,23H,6H2,1-5H3/b21-14-/t23-/m0/s1. The van der Waals surface area contributed by atoms with E-state index < -0.39 is 12.0 Å². The third-order valence-corrected chi connectivity index (χ3v) is 7.54. The van der Waals surface area contributed by atoms with Crippen molar-refractivity contribution in [2.45, 2.75) is 19.9 Å². The van der Waals surface area contributed by atoms with Gasteiger partial charge in [-0.15, -0.1) is 0 Å². The third-order valence-electron chi connectivity index (χ3n) is 5.72. The summed E-state index contributed by atoms with van der Waals surface area (Å²) in [4.78, 5) is 33.9. The van der Waals surface area contributed by atoms with E-state index >= 15 is 0 Å². The lowest BCUT2D eigenvalue weighted by atomic mass is 9.95. The van der Waals surface area contributed by atoms with E-state index in [2.05, 4.69) is 27.6 Å². The third kappa shape index (κ3) is 4.92. The van der Waals surface area contributed by atoms with Crippen molar-refractivity contribution in [3.8, 4) is 5.75 Å². The molecule has 7 nitrogen and oxygen atoms in total. The predicted molar refractivity (Wildman–Crippen MR) is 147 cm³/mol. The number of anilines is 1. The average Bonchev–Trinajstić information content (AvgIpc) is 3.12. The summed E-state index contributed by atoms with van der Waals surface area (Å²) in [7, 11) is 5.56. The number of carbonyl (C=O) groups excluding carboxylic acids is 1. The lowest BCUT2D eigenvalue weighted by Crippen LogP contribution is -2.39. The Labute approximate surface area is 221 Å². The lowest BCUT2D eigenvalue weighted by molar-refractivity contribution is -0.139. The molecule has 0 amide bonds. The minimum Gasteiger partial charge on any atom is -0.496 e. The molecule has 0 radical (unpaired) electrons. The molecule has 0 unspecified atom stereocenters. The number of carbonyl (C=O) groups is 1. The molecule has 0 bridgehead atoms. The Balaban J connectivity index is 1.91. The Morgan fingerprint density at radius 3 is 2.54 bits per heavy atom. The molecule has 0 spiro atoms. The van der Waals surface area contributed by atoms with Gasteiger partial charge in [0.25, 0.3) is 5.56 Å². The molecule has 2 aromatic carbocycles. The van der Waals surface area contributed by atoms with E-state index in [9.17, 15) is 9.59 Å². The van der Waals surface area contributed by atoms with E-state index in [1.807, 2.05) is 67.5 Å². The summed E-state index contributed by atoms with van der Waals surface area (Å²) in [5.74, 6) is 0.314. The number of fused-ring (bicyclic) bond motifs is 1. The van der Waals surface area contributed by atoms with Gasteiger partial charge in [0, 0.05) is 19.8 Å². The Morgan fingerprint density at radius 1 is 1.23 bits per heavy atom. The summed E-state index contributed by atoms with van der Waals surface area (Å²) in [6, 6.07) is 13.0. The number of halogens is 1. The SMILES string of the molecule is CCOC(=O)C1=C(C)N=c2s/c(=C\c3ccc(OC)c(I)c3)c(=O)n2[C@H]1c1ccc(N(C)C)cc1. The number of aromatic nitrogens is 1. The molecular formula is C26H26IN3O4S. The molecule has 3 aromatic rings. The Kier molecular flexibility index (Phi) is 7.46. The fraction of sp³-hybridized carbons (Fsp3) is 0.269. The van der Waals surface area contributed by atoms with E-state index in [-0.39, 0.29) is 12.2 Å². The van der Waals surface area contributed by atoms with Gasteiger partial charge in [-0.3, -0.25) is 9.36 Å². The maximum absolute atomic E-state index is 13.7. The Bertz CT molecular complexity index is 1490. The quantitative estimate of drug-likeness (QED) is 0.319. The van der Waals surface area contributed by atoms with Crippen LogP contribution in [0.15, 0.2) is 63.5 Å². The largest absolute Gasteiger partial charge is 0.496 e. The molecule has 0 fully saturated rings. The zero-order chi connectivity index (χ0) is 25.3. The first-order valence-electron chi connectivity index (χ1n) is 11.1. The number of ether oxygens (including phenoxy) is 2. The minimum atomic E-state index is -0.625. The summed E-state index contributed by atoms with van der Waals surface area (Å²) in [5.41, 5.74) is 3.46. The second-order valence-corrected chi connectivity index (χ2v) is 10.4. The molecular weight excluding hydrogens is 577 g/mol. The van der Waals surface area contributed by atoms with Gasteiger partial charge in [0.15, 0.2) is 4.80 Å². The average molecular weight is 603 g/mol. The van der Waals surface area contributed by atoms with Gasteiger partial charge in [-0.05, 0) is 77.9 Å². The summed E-state index contributed by atoms with van der Waals surface area (Å²) in [5, 5.41) is 0. The molecule has 9 heteroatoms. The molecule has 35 heavy (non-hydrogen) atoms. The molecule has 1 atom stereocenters. The number of hydrogen-bond acceptors (Lipinski definition) is 7. The molecule has 1 aliphatic rings. The zero-order valence-electron chi connectivity index (χ0n) is 20.2. The predicted octanol–water partition coefficient (Wildman–Crippen LogP) is 3.48. The Morgan fingerprint density at radius 2 is 1.94 bits per heavy atom. The highest BCUT2D eigenvalue weighted by molar-refractivity contribution is 14.1. The van der Waals surface area contributed by atoms with Crippen molar-refractivity contribution >= 4 is 51.7 Å². The molecule has 2 heterocycles. The fourth-order valence-corrected chi connectivity index (χ4v) is 5.79. The van der Waals surface area contributed by atoms with Gasteiger partial charge in [0.2, 0.25) is 0 Å². The van der Waals surface area contributed by atoms with Gasteiger partial charge in [0.1, 0.15) is 5.75 Å². The van der Waals surface area contributed by atoms with Gasteiger partial charge in [-0.1, -0.05) is 29.5 Å². The first-order chi connectivity index (χ1) is 16.7. The molecule has 0 saturated carbocycles. The van der Waals surface area contributed by atoms with Crippen molar-refractivity contribution in [3.63, 3.8) is 0 Å². The smallest absolute Gasteiger partial charge is 0.338 e. The summed E-state index contributed by atoms with van der Waals surface area (Å²) in [6.07, 6.45) is 1.85. The van der Waals surface area contributed by atoms with Crippen LogP contribution >= 0.6 is 33.9 Å². The summed E-state index contributed by atoms with van der Waals surface area (Å²) < 4.78 is 13.8. The normalized spacial score (nSPS) is 15.5. The van der Waals surface area contributed by atoms with Crippen LogP contribution in [0.1, 0.15) is 31.0 Å². The molecule has 0 N–H and O–H groups in total. The van der Waals surface area contributed by atoms with E-state index in [0.29, 0.717) is 20.6 Å². The van der Waals surface area contributed by atoms with E-state index in [4.69, 9.17) is 9.47 Å². The molecule has 1 aliphatic heterocycles. The number of methoxy groups -OCH3 is 1. The van der Waals surface area contributed by atoms with Crippen LogP contribution in [0.3, 0.4) is 0 Å². The number of esters is 1. The molecule has 1 aromatic heterocycles. The van der Waals surface area contributed by atoms with Crippen LogP contribution in [0, 0.1) is 3.57 Å². The number of allylic oxidation sites excluding steroid dienone is 1. The van der Waals surface area contributed by atoms with Crippen molar-refractivity contribution in [2.75, 3.05) is 32.7 Å². The van der Waals surface area contributed by atoms with Crippen LogP contribution in [0.4, 0.5) is 5.69 Å². The van der Waals surface area contributed by atoms with Gasteiger partial charge >= 0.3 is 5.97 Å². The first kappa shape index (κ1) is 25.2. The molecule has 0 aliphatic carbocycles. The highest BCUT2D eigenvalue weighted by Crippen LogP contribution is 2.31. The van der Waals surface area contributed by atoms with Crippen molar-refractivity contribution in [1.29, 1.82) is 0 Å². The van der Waals surface area contributed by atoms with Crippen molar-refractivity contribution in [2.24, 2.45) is 4.99 Å². The van der Waals surface area contributed by atoms with Crippen molar-refractivity contribution in [1.82, 2.24) is 4.57 Å². The van der Waals surface area contributed by atoms with Crippen LogP contribution in [-0.2, 0) is 9.53 Å². The second-order valence-electron chi connectivity index (χ2n) is 8.18. The number of rotatable bonds is 6. The van der Waals surface area contributed by atoms with Gasteiger partial charge < -0.3 is 14.4 Å². The maximum Gasteiger partial charge on any atom is 0.338 e. The van der Waals surface area contributed by atoms with Gasteiger partial charge in [-0.2, -0.15) is 0 Å². The summed E-state index contributed by atoms with van der Waals surface area (Å²) >= 11 is 3.52. The highest BCUT2D eigenvalue weighted by atomic mass is 127. The van der Waals surface area contributed by atoms with E-state index in [1.54, 1.807) is 25.5 Å².